The standard InChI is InChI=1S/C22H25N5O2/c1-15-3-8-21-20(13-15)24-25-27(21)19-9-11-26(12-10-19)14-22(29)23-18-6-4-17(5-7-18)16(2)28/h3-8,13,19H,9-12,14H2,1-2H3,(H,23,29)/p+1. The van der Waals surface area contributed by atoms with Crippen molar-refractivity contribution >= 4 is 28.4 Å². The number of benzene rings is 2. The number of amides is 1. The highest BCUT2D eigenvalue weighted by Crippen LogP contribution is 2.22. The Balaban J connectivity index is 1.31. The third-order valence-corrected chi connectivity index (χ3v) is 5.62. The monoisotopic (exact) mass is 392 g/mol. The first kappa shape index (κ1) is 19.3. The number of hydrogen-bond donors (Lipinski definition) is 2. The Kier molecular flexibility index (Phi) is 5.40. The van der Waals surface area contributed by atoms with E-state index in [-0.39, 0.29) is 11.7 Å². The number of rotatable bonds is 5. The number of aryl methyl sites for hydroxylation is 1. The second-order valence-electron chi connectivity index (χ2n) is 7.87. The number of nitrogens with one attached hydrogen (secondary N) is 2. The van der Waals surface area contributed by atoms with Gasteiger partial charge in [-0.25, -0.2) is 4.68 Å². The molecule has 29 heavy (non-hydrogen) atoms. The Hall–Kier alpha value is -3.06. The summed E-state index contributed by atoms with van der Waals surface area (Å²) in [5.41, 5.74) is 4.57. The van der Waals surface area contributed by atoms with Crippen molar-refractivity contribution in [1.82, 2.24) is 15.0 Å². The van der Waals surface area contributed by atoms with Crippen LogP contribution in [-0.2, 0) is 4.79 Å². The zero-order chi connectivity index (χ0) is 20.4. The van der Waals surface area contributed by atoms with Crippen LogP contribution in [0.5, 0.6) is 0 Å². The fourth-order valence-electron chi connectivity index (χ4n) is 3.97. The van der Waals surface area contributed by atoms with Gasteiger partial charge in [0.15, 0.2) is 12.3 Å². The quantitative estimate of drug-likeness (QED) is 0.649. The molecule has 1 aromatic heterocycles. The summed E-state index contributed by atoms with van der Waals surface area (Å²) in [6, 6.07) is 13.6. The molecule has 0 spiro atoms. The van der Waals surface area contributed by atoms with E-state index in [1.165, 1.54) is 17.4 Å². The maximum absolute atomic E-state index is 12.4. The summed E-state index contributed by atoms with van der Waals surface area (Å²) in [7, 11) is 0. The van der Waals surface area contributed by atoms with Crippen molar-refractivity contribution in [3.63, 3.8) is 0 Å². The van der Waals surface area contributed by atoms with E-state index in [1.807, 2.05) is 4.68 Å². The van der Waals surface area contributed by atoms with Gasteiger partial charge >= 0.3 is 0 Å². The van der Waals surface area contributed by atoms with E-state index in [0.717, 1.165) is 42.7 Å². The summed E-state index contributed by atoms with van der Waals surface area (Å²) in [4.78, 5) is 25.0. The van der Waals surface area contributed by atoms with Crippen LogP contribution in [-0.4, -0.2) is 46.3 Å². The number of anilines is 1. The van der Waals surface area contributed by atoms with Crippen LogP contribution in [0.15, 0.2) is 42.5 Å². The summed E-state index contributed by atoms with van der Waals surface area (Å²) < 4.78 is 2.04. The first-order chi connectivity index (χ1) is 14.0. The van der Waals surface area contributed by atoms with Crippen LogP contribution in [0.1, 0.15) is 41.7 Å². The molecule has 0 aliphatic carbocycles. The second-order valence-corrected chi connectivity index (χ2v) is 7.87. The third kappa shape index (κ3) is 4.35. The van der Waals surface area contributed by atoms with Gasteiger partial charge in [0.2, 0.25) is 0 Å². The van der Waals surface area contributed by atoms with Gasteiger partial charge in [-0.15, -0.1) is 5.10 Å². The van der Waals surface area contributed by atoms with Gasteiger partial charge in [-0.3, -0.25) is 9.59 Å². The van der Waals surface area contributed by atoms with Crippen molar-refractivity contribution in [3.8, 4) is 0 Å². The fraction of sp³-hybridized carbons (Fsp3) is 0.364. The molecule has 1 amide bonds. The minimum atomic E-state index is -0.00398. The lowest BCUT2D eigenvalue weighted by Crippen LogP contribution is -3.14. The van der Waals surface area contributed by atoms with Crippen LogP contribution in [0.25, 0.3) is 11.0 Å². The summed E-state index contributed by atoms with van der Waals surface area (Å²) in [6.07, 6.45) is 1.95. The van der Waals surface area contributed by atoms with E-state index in [2.05, 4.69) is 40.8 Å². The number of likely N-dealkylation sites (tertiary alicyclic amines) is 1. The third-order valence-electron chi connectivity index (χ3n) is 5.62. The van der Waals surface area contributed by atoms with Gasteiger partial charge in [-0.2, -0.15) is 0 Å². The molecule has 1 fully saturated rings. The van der Waals surface area contributed by atoms with E-state index >= 15 is 0 Å². The number of piperidine rings is 1. The van der Waals surface area contributed by atoms with Gasteiger partial charge in [0, 0.05) is 24.1 Å². The van der Waals surface area contributed by atoms with Crippen molar-refractivity contribution in [2.24, 2.45) is 0 Å². The lowest BCUT2D eigenvalue weighted by molar-refractivity contribution is -0.897. The minimum absolute atomic E-state index is 0.00398. The molecule has 0 saturated carbocycles. The Morgan fingerprint density at radius 1 is 1.14 bits per heavy atom. The van der Waals surface area contributed by atoms with Gasteiger partial charge in [0.05, 0.1) is 24.6 Å². The van der Waals surface area contributed by atoms with Gasteiger partial charge in [-0.05, 0) is 55.8 Å². The number of fused-ring (bicyclic) bond motifs is 1. The highest BCUT2D eigenvalue weighted by atomic mass is 16.2. The fourth-order valence-corrected chi connectivity index (χ4v) is 3.97. The Morgan fingerprint density at radius 3 is 2.55 bits per heavy atom. The minimum Gasteiger partial charge on any atom is -0.327 e. The Morgan fingerprint density at radius 2 is 1.86 bits per heavy atom. The van der Waals surface area contributed by atoms with Gasteiger partial charge in [0.1, 0.15) is 5.52 Å². The smallest absolute Gasteiger partial charge is 0.279 e. The zero-order valence-electron chi connectivity index (χ0n) is 16.8. The van der Waals surface area contributed by atoms with Crippen LogP contribution in [0, 0.1) is 6.92 Å². The number of hydrogen-bond acceptors (Lipinski definition) is 4. The molecule has 2 N–H and O–H groups in total. The molecule has 7 nitrogen and oxygen atoms in total. The molecule has 7 heteroatoms. The molecule has 4 rings (SSSR count). The lowest BCUT2D eigenvalue weighted by atomic mass is 10.0. The van der Waals surface area contributed by atoms with Crippen LogP contribution < -0.4 is 10.2 Å². The summed E-state index contributed by atoms with van der Waals surface area (Å²) in [5.74, 6) is 0.0150. The zero-order valence-corrected chi connectivity index (χ0v) is 16.8. The maximum atomic E-state index is 12.4. The van der Waals surface area contributed by atoms with Crippen LogP contribution in [0.2, 0.25) is 0 Å². The predicted molar refractivity (Wildman–Crippen MR) is 111 cm³/mol. The number of quaternary nitrogens is 1. The normalized spacial score (nSPS) is 19.2. The van der Waals surface area contributed by atoms with Crippen molar-refractivity contribution in [2.75, 3.05) is 25.0 Å². The number of nitrogens with zero attached hydrogens (tertiary/aromatic N) is 3. The predicted octanol–water partition coefficient (Wildman–Crippen LogP) is 1.80. The van der Waals surface area contributed by atoms with Crippen LogP contribution in [0.4, 0.5) is 5.69 Å². The molecule has 150 valence electrons. The number of carbonyl (C=O) groups is 2. The average molecular weight is 392 g/mol. The van der Waals surface area contributed by atoms with Crippen LogP contribution in [0.3, 0.4) is 0 Å². The number of ketones is 1. The van der Waals surface area contributed by atoms with Crippen LogP contribution >= 0.6 is 0 Å². The molecule has 0 atom stereocenters. The van der Waals surface area contributed by atoms with E-state index in [0.29, 0.717) is 18.2 Å². The molecule has 1 saturated heterocycles. The summed E-state index contributed by atoms with van der Waals surface area (Å²) >= 11 is 0. The molecule has 3 aromatic rings. The average Bonchev–Trinajstić information content (AvgIpc) is 3.12. The van der Waals surface area contributed by atoms with Crippen molar-refractivity contribution < 1.29 is 14.5 Å². The molecule has 2 heterocycles. The number of Topliss-reactive ketones (excluding diaryl/α,β-unsaturated/α-hetero) is 1. The summed E-state index contributed by atoms with van der Waals surface area (Å²) in [6.45, 7) is 5.88. The van der Waals surface area contributed by atoms with E-state index in [4.69, 9.17) is 0 Å². The topological polar surface area (TPSA) is 81.3 Å². The van der Waals surface area contributed by atoms with E-state index in [1.54, 1.807) is 24.3 Å². The van der Waals surface area contributed by atoms with E-state index in [9.17, 15) is 9.59 Å². The largest absolute Gasteiger partial charge is 0.327 e. The second kappa shape index (κ2) is 8.13. The molecule has 1 aliphatic rings. The Bertz CT molecular complexity index is 1030. The SMILES string of the molecule is CC(=O)c1ccc(NC(=O)C[NH+]2CCC(n3nnc4cc(C)ccc43)CC2)cc1. The molecule has 0 bridgehead atoms. The summed E-state index contributed by atoms with van der Waals surface area (Å²) in [5, 5.41) is 11.6. The molecule has 0 radical (unpaired) electrons. The van der Waals surface area contributed by atoms with Crippen molar-refractivity contribution in [2.45, 2.75) is 32.7 Å². The van der Waals surface area contributed by atoms with Gasteiger partial charge < -0.3 is 10.2 Å². The van der Waals surface area contributed by atoms with E-state index < -0.39 is 0 Å². The first-order valence-corrected chi connectivity index (χ1v) is 10.1. The molecule has 2 aromatic carbocycles. The Labute approximate surface area is 169 Å². The van der Waals surface area contributed by atoms with Crippen molar-refractivity contribution in [1.29, 1.82) is 0 Å². The molecular formula is C22H26N5O2+. The highest BCUT2D eigenvalue weighted by Gasteiger charge is 2.26. The van der Waals surface area contributed by atoms with Gasteiger partial charge in [-0.1, -0.05) is 11.3 Å². The molecule has 1 aliphatic heterocycles. The van der Waals surface area contributed by atoms with Gasteiger partial charge in [0.25, 0.3) is 5.91 Å². The molecular weight excluding hydrogens is 366 g/mol. The number of carbonyl (C=O) groups excluding carboxylic acids is 2. The maximum Gasteiger partial charge on any atom is 0.279 e. The number of aromatic nitrogens is 3. The molecule has 0 unspecified atom stereocenters. The first-order valence-electron chi connectivity index (χ1n) is 10.1. The van der Waals surface area contributed by atoms with Crippen molar-refractivity contribution in [3.05, 3.63) is 53.6 Å². The highest BCUT2D eigenvalue weighted by molar-refractivity contribution is 5.95. The lowest BCUT2D eigenvalue weighted by Gasteiger charge is -2.29.